The van der Waals surface area contributed by atoms with Gasteiger partial charge in [-0.25, -0.2) is 0 Å². The van der Waals surface area contributed by atoms with Crippen LogP contribution in [0.25, 0.3) is 0 Å². The zero-order chi connectivity index (χ0) is 13.8. The van der Waals surface area contributed by atoms with Gasteiger partial charge in [-0.1, -0.05) is 18.5 Å². The molecule has 1 unspecified atom stereocenters. The molecule has 2 fully saturated rings. The van der Waals surface area contributed by atoms with Gasteiger partial charge in [0.15, 0.2) is 5.84 Å². The Morgan fingerprint density at radius 2 is 2.00 bits per heavy atom. The van der Waals surface area contributed by atoms with E-state index >= 15 is 0 Å². The molecule has 2 rings (SSSR count). The van der Waals surface area contributed by atoms with Gasteiger partial charge in [0.25, 0.3) is 0 Å². The summed E-state index contributed by atoms with van der Waals surface area (Å²) in [5.41, 5.74) is 5.71. The van der Waals surface area contributed by atoms with Crippen LogP contribution in [0.3, 0.4) is 0 Å². The average molecular weight is 268 g/mol. The summed E-state index contributed by atoms with van der Waals surface area (Å²) >= 11 is 0. The maximum absolute atomic E-state index is 12.1. The highest BCUT2D eigenvalue weighted by molar-refractivity contribution is 5.85. The Bertz CT molecular complexity index is 347. The van der Waals surface area contributed by atoms with Crippen LogP contribution in [0.4, 0.5) is 0 Å². The Labute approximate surface area is 114 Å². The monoisotopic (exact) mass is 268 g/mol. The minimum absolute atomic E-state index is 0.0223. The second-order valence-electron chi connectivity index (χ2n) is 5.44. The summed E-state index contributed by atoms with van der Waals surface area (Å²) in [6.45, 7) is 5.13. The van der Waals surface area contributed by atoms with Gasteiger partial charge in [0.1, 0.15) is 0 Å². The minimum atomic E-state index is -0.0223. The molecule has 1 saturated heterocycles. The second-order valence-corrected chi connectivity index (χ2v) is 5.44. The van der Waals surface area contributed by atoms with Crippen molar-refractivity contribution < 1.29 is 10.0 Å². The van der Waals surface area contributed by atoms with Crippen molar-refractivity contribution in [3.05, 3.63) is 0 Å². The van der Waals surface area contributed by atoms with Gasteiger partial charge in [-0.15, -0.1) is 0 Å². The molecule has 0 bridgehead atoms. The SMILES string of the molecule is CCC(C(N)=NO)N1CCN(C(=O)C2CCC2)CC1. The zero-order valence-electron chi connectivity index (χ0n) is 11.6. The van der Waals surface area contributed by atoms with E-state index in [2.05, 4.69) is 10.1 Å². The summed E-state index contributed by atoms with van der Waals surface area (Å²) in [6.07, 6.45) is 4.12. The fourth-order valence-corrected chi connectivity index (χ4v) is 2.89. The number of oxime groups is 1. The normalized spacial score (nSPS) is 24.1. The largest absolute Gasteiger partial charge is 0.409 e. The predicted molar refractivity (Wildman–Crippen MR) is 73.0 cm³/mol. The molecule has 1 aliphatic carbocycles. The Hall–Kier alpha value is -1.30. The Kier molecular flexibility index (Phi) is 4.63. The summed E-state index contributed by atoms with van der Waals surface area (Å²) in [6, 6.07) is -0.0223. The van der Waals surface area contributed by atoms with Crippen molar-refractivity contribution in [2.24, 2.45) is 16.8 Å². The van der Waals surface area contributed by atoms with Gasteiger partial charge in [0.2, 0.25) is 5.91 Å². The first-order valence-corrected chi connectivity index (χ1v) is 7.17. The Balaban J connectivity index is 1.85. The van der Waals surface area contributed by atoms with Crippen molar-refractivity contribution in [2.45, 2.75) is 38.6 Å². The van der Waals surface area contributed by atoms with Crippen molar-refractivity contribution >= 4 is 11.7 Å². The van der Waals surface area contributed by atoms with E-state index < -0.39 is 0 Å². The van der Waals surface area contributed by atoms with Crippen molar-refractivity contribution in [1.82, 2.24) is 9.80 Å². The van der Waals surface area contributed by atoms with E-state index in [1.54, 1.807) is 0 Å². The first-order valence-electron chi connectivity index (χ1n) is 7.17. The Morgan fingerprint density at radius 1 is 1.37 bits per heavy atom. The molecule has 1 saturated carbocycles. The fourth-order valence-electron chi connectivity index (χ4n) is 2.89. The summed E-state index contributed by atoms with van der Waals surface area (Å²) in [5, 5.41) is 11.9. The third-order valence-electron chi connectivity index (χ3n) is 4.36. The van der Waals surface area contributed by atoms with Crippen LogP contribution in [0.1, 0.15) is 32.6 Å². The van der Waals surface area contributed by atoms with E-state index in [9.17, 15) is 4.79 Å². The van der Waals surface area contributed by atoms with Crippen LogP contribution in [-0.4, -0.2) is 59.0 Å². The first-order chi connectivity index (χ1) is 9.17. The highest BCUT2D eigenvalue weighted by Crippen LogP contribution is 2.28. The number of nitrogens with zero attached hydrogens (tertiary/aromatic N) is 3. The molecule has 0 spiro atoms. The fraction of sp³-hybridized carbons (Fsp3) is 0.846. The highest BCUT2D eigenvalue weighted by Gasteiger charge is 2.32. The van der Waals surface area contributed by atoms with Crippen molar-refractivity contribution in [1.29, 1.82) is 0 Å². The third-order valence-corrected chi connectivity index (χ3v) is 4.36. The zero-order valence-corrected chi connectivity index (χ0v) is 11.6. The molecule has 108 valence electrons. The minimum Gasteiger partial charge on any atom is -0.409 e. The highest BCUT2D eigenvalue weighted by atomic mass is 16.4. The number of rotatable bonds is 4. The number of amidine groups is 1. The van der Waals surface area contributed by atoms with E-state index in [1.165, 1.54) is 6.42 Å². The predicted octanol–water partition coefficient (Wildman–Crippen LogP) is 0.456. The topological polar surface area (TPSA) is 82.2 Å². The average Bonchev–Trinajstić information content (AvgIpc) is 2.38. The summed E-state index contributed by atoms with van der Waals surface area (Å²) in [7, 11) is 0. The molecule has 0 aromatic carbocycles. The van der Waals surface area contributed by atoms with Crippen LogP contribution in [0.15, 0.2) is 5.16 Å². The van der Waals surface area contributed by atoms with Gasteiger partial charge in [-0.2, -0.15) is 0 Å². The summed E-state index contributed by atoms with van der Waals surface area (Å²) in [5.74, 6) is 0.863. The summed E-state index contributed by atoms with van der Waals surface area (Å²) < 4.78 is 0. The van der Waals surface area contributed by atoms with E-state index in [0.717, 1.165) is 45.4 Å². The molecule has 3 N–H and O–H groups in total. The lowest BCUT2D eigenvalue weighted by Gasteiger charge is -2.40. The molecule has 1 aliphatic heterocycles. The number of carbonyl (C=O) groups excluding carboxylic acids is 1. The van der Waals surface area contributed by atoms with Gasteiger partial charge in [0, 0.05) is 32.1 Å². The number of hydrogen-bond acceptors (Lipinski definition) is 4. The Morgan fingerprint density at radius 3 is 2.42 bits per heavy atom. The van der Waals surface area contributed by atoms with Crippen LogP contribution < -0.4 is 5.73 Å². The number of carbonyl (C=O) groups is 1. The lowest BCUT2D eigenvalue weighted by atomic mass is 9.84. The first kappa shape index (κ1) is 14.1. The van der Waals surface area contributed by atoms with Crippen LogP contribution in [0, 0.1) is 5.92 Å². The van der Waals surface area contributed by atoms with Crippen LogP contribution in [-0.2, 0) is 4.79 Å². The molecular formula is C13H24N4O2. The van der Waals surface area contributed by atoms with Crippen molar-refractivity contribution in [3.8, 4) is 0 Å². The number of hydrogen-bond donors (Lipinski definition) is 2. The molecule has 6 heteroatoms. The van der Waals surface area contributed by atoms with E-state index in [-0.39, 0.29) is 17.8 Å². The van der Waals surface area contributed by atoms with Crippen LogP contribution in [0.5, 0.6) is 0 Å². The molecule has 2 aliphatic rings. The quantitative estimate of drug-likeness (QED) is 0.336. The van der Waals surface area contributed by atoms with Gasteiger partial charge in [-0.05, 0) is 19.3 Å². The van der Waals surface area contributed by atoms with Crippen molar-refractivity contribution in [3.63, 3.8) is 0 Å². The molecule has 1 atom stereocenters. The molecular weight excluding hydrogens is 244 g/mol. The number of piperazine rings is 1. The van der Waals surface area contributed by atoms with E-state index in [1.807, 2.05) is 11.8 Å². The molecule has 6 nitrogen and oxygen atoms in total. The van der Waals surface area contributed by atoms with Crippen molar-refractivity contribution in [2.75, 3.05) is 26.2 Å². The van der Waals surface area contributed by atoms with Gasteiger partial charge >= 0.3 is 0 Å². The van der Waals surface area contributed by atoms with Gasteiger partial charge < -0.3 is 15.8 Å². The molecule has 1 heterocycles. The van der Waals surface area contributed by atoms with Gasteiger partial charge in [0.05, 0.1) is 6.04 Å². The summed E-state index contributed by atoms with van der Waals surface area (Å²) in [4.78, 5) is 16.3. The smallest absolute Gasteiger partial charge is 0.225 e. The molecule has 1 amide bonds. The lowest BCUT2D eigenvalue weighted by molar-refractivity contribution is -0.140. The molecule has 19 heavy (non-hydrogen) atoms. The maximum atomic E-state index is 12.1. The molecule has 0 aromatic heterocycles. The van der Waals surface area contributed by atoms with E-state index in [4.69, 9.17) is 10.9 Å². The standard InChI is InChI=1S/C13H24N4O2/c1-2-11(12(14)15-19)16-6-8-17(9-7-16)13(18)10-4-3-5-10/h10-11,19H,2-9H2,1H3,(H2,14,15). The lowest BCUT2D eigenvalue weighted by Crippen LogP contribution is -2.56. The third kappa shape index (κ3) is 3.00. The molecule has 0 aromatic rings. The second kappa shape index (κ2) is 6.23. The number of nitrogens with two attached hydrogens (primary N) is 1. The number of amides is 1. The van der Waals surface area contributed by atoms with Crippen LogP contribution in [0.2, 0.25) is 0 Å². The maximum Gasteiger partial charge on any atom is 0.225 e. The molecule has 0 radical (unpaired) electrons. The van der Waals surface area contributed by atoms with Crippen LogP contribution >= 0.6 is 0 Å². The van der Waals surface area contributed by atoms with Gasteiger partial charge in [-0.3, -0.25) is 9.69 Å². The van der Waals surface area contributed by atoms with E-state index in [0.29, 0.717) is 5.91 Å².